The van der Waals surface area contributed by atoms with Gasteiger partial charge >= 0.3 is 0 Å². The molecule has 0 fully saturated rings. The van der Waals surface area contributed by atoms with Gasteiger partial charge in [-0.2, -0.15) is 0 Å². The summed E-state index contributed by atoms with van der Waals surface area (Å²) in [6, 6.07) is 5.37. The van der Waals surface area contributed by atoms with Crippen LogP contribution in [0.5, 0.6) is 0 Å². The highest BCUT2D eigenvalue weighted by Gasteiger charge is 2.10. The summed E-state index contributed by atoms with van der Waals surface area (Å²) >= 11 is 1.38. The largest absolute Gasteiger partial charge is 0.320 e. The van der Waals surface area contributed by atoms with Gasteiger partial charge in [0.05, 0.1) is 6.54 Å². The molecule has 1 aromatic carbocycles. The molecule has 1 aromatic heterocycles. The number of nitrogens with zero attached hydrogens (tertiary/aromatic N) is 2. The molecule has 0 saturated carbocycles. The number of nitrogens with two attached hydrogens (primary N) is 1. The minimum atomic E-state index is -0.199. The fraction of sp³-hybridized carbons (Fsp3) is 0.267. The lowest BCUT2D eigenvalue weighted by atomic mass is 10.1. The van der Waals surface area contributed by atoms with Crippen molar-refractivity contribution < 1.29 is 4.79 Å². The molecular formula is C15H16N4OS. The van der Waals surface area contributed by atoms with Crippen molar-refractivity contribution in [3.63, 3.8) is 0 Å². The van der Waals surface area contributed by atoms with Crippen LogP contribution in [0.25, 0.3) is 0 Å². The predicted molar refractivity (Wildman–Crippen MR) is 84.4 cm³/mol. The quantitative estimate of drug-likeness (QED) is 0.849. The molecule has 0 bridgehead atoms. The van der Waals surface area contributed by atoms with E-state index in [-0.39, 0.29) is 5.91 Å². The average Bonchev–Trinajstić information content (AvgIpc) is 2.93. The zero-order chi connectivity index (χ0) is 15.2. The van der Waals surface area contributed by atoms with Crippen LogP contribution in [0.1, 0.15) is 33.4 Å². The number of rotatable bonds is 3. The van der Waals surface area contributed by atoms with E-state index in [4.69, 9.17) is 5.73 Å². The maximum Gasteiger partial charge on any atom is 0.257 e. The molecule has 0 aliphatic heterocycles. The van der Waals surface area contributed by atoms with Gasteiger partial charge in [0.15, 0.2) is 0 Å². The van der Waals surface area contributed by atoms with Gasteiger partial charge in [0.2, 0.25) is 5.13 Å². The summed E-state index contributed by atoms with van der Waals surface area (Å²) in [5, 5.41) is 12.1. The third-order valence-electron chi connectivity index (χ3n) is 2.80. The minimum Gasteiger partial charge on any atom is -0.320 e. The highest BCUT2D eigenvalue weighted by atomic mass is 32.1. The van der Waals surface area contributed by atoms with Gasteiger partial charge in [0.1, 0.15) is 5.01 Å². The fourth-order valence-electron chi connectivity index (χ4n) is 1.71. The SMILES string of the molecule is CCc1nnc(NC(=O)c2ccc(C#CCN)c(C)c2)s1. The van der Waals surface area contributed by atoms with Crippen molar-refractivity contribution in [1.82, 2.24) is 10.2 Å². The number of carbonyl (C=O) groups excluding carboxylic acids is 1. The van der Waals surface area contributed by atoms with Crippen LogP contribution < -0.4 is 11.1 Å². The molecule has 5 nitrogen and oxygen atoms in total. The molecule has 108 valence electrons. The second kappa shape index (κ2) is 6.97. The number of anilines is 1. The third kappa shape index (κ3) is 3.88. The van der Waals surface area contributed by atoms with E-state index in [1.807, 2.05) is 19.9 Å². The number of aryl methyl sites for hydroxylation is 2. The van der Waals surface area contributed by atoms with Crippen LogP contribution in [0.2, 0.25) is 0 Å². The first-order valence-corrected chi connectivity index (χ1v) is 7.39. The van der Waals surface area contributed by atoms with Gasteiger partial charge in [0.25, 0.3) is 5.91 Å². The van der Waals surface area contributed by atoms with Gasteiger partial charge in [-0.15, -0.1) is 10.2 Å². The lowest BCUT2D eigenvalue weighted by Gasteiger charge is -2.04. The lowest BCUT2D eigenvalue weighted by molar-refractivity contribution is 0.102. The van der Waals surface area contributed by atoms with Gasteiger partial charge < -0.3 is 5.73 Å². The summed E-state index contributed by atoms with van der Waals surface area (Å²) in [7, 11) is 0. The Labute approximate surface area is 127 Å². The molecule has 0 atom stereocenters. The Balaban J connectivity index is 2.14. The monoisotopic (exact) mass is 300 g/mol. The molecule has 6 heteroatoms. The first-order chi connectivity index (χ1) is 10.1. The van der Waals surface area contributed by atoms with E-state index in [9.17, 15) is 4.79 Å². The lowest BCUT2D eigenvalue weighted by Crippen LogP contribution is -2.12. The molecule has 21 heavy (non-hydrogen) atoms. The molecule has 2 aromatic rings. The fourth-order valence-corrected chi connectivity index (χ4v) is 2.38. The van der Waals surface area contributed by atoms with E-state index in [1.165, 1.54) is 11.3 Å². The normalized spacial score (nSPS) is 9.86. The van der Waals surface area contributed by atoms with Crippen molar-refractivity contribution in [1.29, 1.82) is 0 Å². The Hall–Kier alpha value is -2.23. The number of nitrogens with one attached hydrogen (secondary N) is 1. The Morgan fingerprint density at radius 3 is 2.86 bits per heavy atom. The van der Waals surface area contributed by atoms with Crippen LogP contribution in [0.3, 0.4) is 0 Å². The van der Waals surface area contributed by atoms with Gasteiger partial charge in [-0.3, -0.25) is 10.1 Å². The van der Waals surface area contributed by atoms with Crippen LogP contribution in [-0.2, 0) is 6.42 Å². The second-order valence-electron chi connectivity index (χ2n) is 4.34. The number of amides is 1. The van der Waals surface area contributed by atoms with Crippen molar-refractivity contribution in [2.75, 3.05) is 11.9 Å². The molecule has 0 unspecified atom stereocenters. The molecule has 1 amide bonds. The highest BCUT2D eigenvalue weighted by Crippen LogP contribution is 2.17. The first kappa shape index (κ1) is 15.2. The zero-order valence-electron chi connectivity index (χ0n) is 11.9. The number of hydrogen-bond acceptors (Lipinski definition) is 5. The van der Waals surface area contributed by atoms with E-state index in [2.05, 4.69) is 27.4 Å². The van der Waals surface area contributed by atoms with Gasteiger partial charge in [-0.05, 0) is 37.1 Å². The van der Waals surface area contributed by atoms with Gasteiger partial charge in [0, 0.05) is 11.1 Å². The molecule has 0 saturated heterocycles. The smallest absolute Gasteiger partial charge is 0.257 e. The summed E-state index contributed by atoms with van der Waals surface area (Å²) in [6.07, 6.45) is 0.807. The summed E-state index contributed by atoms with van der Waals surface area (Å²) in [6.45, 7) is 4.23. The standard InChI is InChI=1S/C15H16N4OS/c1-3-13-18-19-15(21-13)17-14(20)12-7-6-11(5-4-8-16)10(2)9-12/h6-7,9H,3,8,16H2,1-2H3,(H,17,19,20). The molecule has 0 aliphatic carbocycles. The first-order valence-electron chi connectivity index (χ1n) is 6.57. The van der Waals surface area contributed by atoms with Crippen molar-refractivity contribution in [3.05, 3.63) is 39.9 Å². The maximum atomic E-state index is 12.2. The van der Waals surface area contributed by atoms with E-state index >= 15 is 0 Å². The van der Waals surface area contributed by atoms with Crippen LogP contribution in [-0.4, -0.2) is 22.6 Å². The predicted octanol–water partition coefficient (Wildman–Crippen LogP) is 1.97. The van der Waals surface area contributed by atoms with Crippen LogP contribution in [0.4, 0.5) is 5.13 Å². The number of carbonyl (C=O) groups is 1. The van der Waals surface area contributed by atoms with Crippen molar-refractivity contribution in [3.8, 4) is 11.8 Å². The molecule has 0 spiro atoms. The number of aromatic nitrogens is 2. The Bertz CT molecular complexity index is 712. The topological polar surface area (TPSA) is 80.9 Å². The third-order valence-corrected chi connectivity index (χ3v) is 3.79. The maximum absolute atomic E-state index is 12.2. The van der Waals surface area contributed by atoms with Crippen LogP contribution in [0, 0.1) is 18.8 Å². The highest BCUT2D eigenvalue weighted by molar-refractivity contribution is 7.15. The Kier molecular flexibility index (Phi) is 5.04. The zero-order valence-corrected chi connectivity index (χ0v) is 12.8. The molecule has 0 radical (unpaired) electrons. The minimum absolute atomic E-state index is 0.199. The van der Waals surface area contributed by atoms with E-state index in [0.717, 1.165) is 22.6 Å². The van der Waals surface area contributed by atoms with E-state index in [0.29, 0.717) is 17.2 Å². The van der Waals surface area contributed by atoms with Crippen molar-refractivity contribution >= 4 is 22.4 Å². The number of hydrogen-bond donors (Lipinski definition) is 2. The van der Waals surface area contributed by atoms with Crippen LogP contribution >= 0.6 is 11.3 Å². The molecule has 3 N–H and O–H groups in total. The Morgan fingerprint density at radius 1 is 1.43 bits per heavy atom. The summed E-state index contributed by atoms with van der Waals surface area (Å²) < 4.78 is 0. The summed E-state index contributed by atoms with van der Waals surface area (Å²) in [5.41, 5.74) is 7.74. The molecule has 0 aliphatic rings. The average molecular weight is 300 g/mol. The molecule has 2 rings (SSSR count). The number of benzene rings is 1. The van der Waals surface area contributed by atoms with Crippen LogP contribution in [0.15, 0.2) is 18.2 Å². The molecular weight excluding hydrogens is 284 g/mol. The van der Waals surface area contributed by atoms with Crippen molar-refractivity contribution in [2.45, 2.75) is 20.3 Å². The Morgan fingerprint density at radius 2 is 2.24 bits per heavy atom. The van der Waals surface area contributed by atoms with Gasteiger partial charge in [-0.1, -0.05) is 30.1 Å². The van der Waals surface area contributed by atoms with E-state index in [1.54, 1.807) is 12.1 Å². The summed E-state index contributed by atoms with van der Waals surface area (Å²) in [5.74, 6) is 5.58. The summed E-state index contributed by atoms with van der Waals surface area (Å²) in [4.78, 5) is 12.2. The van der Waals surface area contributed by atoms with Gasteiger partial charge in [-0.25, -0.2) is 0 Å². The van der Waals surface area contributed by atoms with E-state index < -0.39 is 0 Å². The van der Waals surface area contributed by atoms with Crippen molar-refractivity contribution in [2.24, 2.45) is 5.73 Å². The second-order valence-corrected chi connectivity index (χ2v) is 5.41. The molecule has 1 heterocycles.